The van der Waals surface area contributed by atoms with Crippen LogP contribution in [0.15, 0.2) is 36.4 Å². The van der Waals surface area contributed by atoms with Crippen LogP contribution in [0.25, 0.3) is 0 Å². The number of amides is 1. The van der Waals surface area contributed by atoms with Gasteiger partial charge in [-0.3, -0.25) is 4.79 Å². The van der Waals surface area contributed by atoms with Crippen molar-refractivity contribution in [3.05, 3.63) is 63.7 Å². The van der Waals surface area contributed by atoms with Gasteiger partial charge in [-0.15, -0.1) is 0 Å². The number of likely N-dealkylation sites (N-methyl/N-ethyl adjacent to an activating group) is 1. The molecule has 0 radical (unpaired) electrons. The molecule has 0 spiro atoms. The van der Waals surface area contributed by atoms with E-state index in [1.54, 1.807) is 18.9 Å². The van der Waals surface area contributed by atoms with Crippen LogP contribution in [0, 0.1) is 20.8 Å². The summed E-state index contributed by atoms with van der Waals surface area (Å²) in [5, 5.41) is 0.690. The number of ether oxygens (including phenoxy) is 1. The summed E-state index contributed by atoms with van der Waals surface area (Å²) in [6.45, 7) is 8.40. The zero-order valence-electron chi connectivity index (χ0n) is 14.9. The van der Waals surface area contributed by atoms with Gasteiger partial charge in [0.1, 0.15) is 5.75 Å². The fourth-order valence-corrected chi connectivity index (χ4v) is 2.74. The smallest absolute Gasteiger partial charge is 0.263 e. The van der Waals surface area contributed by atoms with Gasteiger partial charge in [-0.2, -0.15) is 0 Å². The molecule has 1 amide bonds. The van der Waals surface area contributed by atoms with E-state index >= 15 is 0 Å². The van der Waals surface area contributed by atoms with Gasteiger partial charge in [-0.05, 0) is 68.1 Å². The zero-order chi connectivity index (χ0) is 17.9. The maximum atomic E-state index is 12.6. The van der Waals surface area contributed by atoms with E-state index in [4.69, 9.17) is 16.3 Å². The number of nitrogens with zero attached hydrogens (tertiary/aromatic N) is 1. The molecule has 0 aliphatic heterocycles. The molecule has 2 rings (SSSR count). The van der Waals surface area contributed by atoms with Crippen LogP contribution in [0.2, 0.25) is 5.02 Å². The molecule has 0 fully saturated rings. The van der Waals surface area contributed by atoms with E-state index in [-0.39, 0.29) is 5.91 Å². The minimum atomic E-state index is -0.540. The quantitative estimate of drug-likeness (QED) is 0.786. The first-order valence-corrected chi connectivity index (χ1v) is 8.39. The maximum Gasteiger partial charge on any atom is 0.263 e. The summed E-state index contributed by atoms with van der Waals surface area (Å²) in [4.78, 5) is 14.2. The van der Waals surface area contributed by atoms with Crippen molar-refractivity contribution < 1.29 is 9.53 Å². The Morgan fingerprint density at radius 3 is 2.42 bits per heavy atom. The molecule has 2 aromatic rings. The van der Waals surface area contributed by atoms with Gasteiger partial charge in [-0.1, -0.05) is 29.8 Å². The van der Waals surface area contributed by atoms with E-state index in [0.29, 0.717) is 11.6 Å². The summed E-state index contributed by atoms with van der Waals surface area (Å²) in [6, 6.07) is 11.6. The van der Waals surface area contributed by atoms with Crippen molar-refractivity contribution in [3.8, 4) is 5.75 Å². The number of halogens is 1. The highest BCUT2D eigenvalue weighted by Gasteiger charge is 2.20. The number of benzene rings is 2. The molecule has 0 bridgehead atoms. The lowest BCUT2D eigenvalue weighted by atomic mass is 10.1. The minimum Gasteiger partial charge on any atom is -0.481 e. The Balaban J connectivity index is 2.05. The third kappa shape index (κ3) is 4.51. The zero-order valence-corrected chi connectivity index (χ0v) is 15.6. The fraction of sp³-hybridized carbons (Fsp3) is 0.350. The lowest BCUT2D eigenvalue weighted by Gasteiger charge is -2.23. The van der Waals surface area contributed by atoms with Gasteiger partial charge < -0.3 is 9.64 Å². The third-order valence-corrected chi connectivity index (χ3v) is 4.38. The van der Waals surface area contributed by atoms with Crippen LogP contribution in [0.5, 0.6) is 5.75 Å². The molecule has 0 aliphatic carbocycles. The van der Waals surface area contributed by atoms with Crippen LogP contribution < -0.4 is 4.74 Å². The molecule has 0 N–H and O–H groups in total. The number of aryl methyl sites for hydroxylation is 2. The first-order valence-electron chi connectivity index (χ1n) is 8.02. The monoisotopic (exact) mass is 345 g/mol. The number of hydrogen-bond donors (Lipinski definition) is 0. The normalized spacial score (nSPS) is 11.9. The summed E-state index contributed by atoms with van der Waals surface area (Å²) in [5.74, 6) is 0.719. The summed E-state index contributed by atoms with van der Waals surface area (Å²) < 4.78 is 5.93. The highest BCUT2D eigenvalue weighted by Crippen LogP contribution is 2.24. The standard InChI is InChI=1S/C20H24ClNO2/c1-13-10-14(2)15(3)19(11-13)24-16(4)20(23)22(5)12-17-6-8-18(21)9-7-17/h6-11,16H,12H2,1-5H3/t16-/m1/s1. The van der Waals surface area contributed by atoms with Gasteiger partial charge in [-0.25, -0.2) is 0 Å². The molecule has 1 atom stereocenters. The van der Waals surface area contributed by atoms with Gasteiger partial charge in [0.05, 0.1) is 0 Å². The molecule has 3 nitrogen and oxygen atoms in total. The Labute approximate surface area is 149 Å². The second-order valence-electron chi connectivity index (χ2n) is 6.29. The number of carbonyl (C=O) groups is 1. The molecule has 0 heterocycles. The van der Waals surface area contributed by atoms with E-state index in [2.05, 4.69) is 6.07 Å². The molecule has 24 heavy (non-hydrogen) atoms. The lowest BCUT2D eigenvalue weighted by molar-refractivity contribution is -0.137. The van der Waals surface area contributed by atoms with Gasteiger partial charge in [0.2, 0.25) is 0 Å². The van der Waals surface area contributed by atoms with Crippen molar-refractivity contribution in [3.63, 3.8) is 0 Å². The predicted molar refractivity (Wildman–Crippen MR) is 98.7 cm³/mol. The second-order valence-corrected chi connectivity index (χ2v) is 6.72. The van der Waals surface area contributed by atoms with E-state index in [1.165, 1.54) is 5.56 Å². The molecule has 0 unspecified atom stereocenters. The van der Waals surface area contributed by atoms with Crippen LogP contribution >= 0.6 is 11.6 Å². The Morgan fingerprint density at radius 1 is 1.17 bits per heavy atom. The van der Waals surface area contributed by atoms with Crippen LogP contribution in [0.4, 0.5) is 0 Å². The maximum absolute atomic E-state index is 12.6. The average Bonchev–Trinajstić information content (AvgIpc) is 2.53. The Morgan fingerprint density at radius 2 is 1.79 bits per heavy atom. The van der Waals surface area contributed by atoms with Crippen molar-refractivity contribution in [1.82, 2.24) is 4.90 Å². The van der Waals surface area contributed by atoms with Crippen LogP contribution in [-0.2, 0) is 11.3 Å². The summed E-state index contributed by atoms with van der Waals surface area (Å²) in [6.07, 6.45) is -0.540. The van der Waals surface area contributed by atoms with E-state index in [0.717, 1.165) is 22.4 Å². The van der Waals surface area contributed by atoms with Crippen LogP contribution in [-0.4, -0.2) is 24.0 Å². The highest BCUT2D eigenvalue weighted by molar-refractivity contribution is 6.30. The van der Waals surface area contributed by atoms with Gasteiger partial charge in [0.15, 0.2) is 6.10 Å². The van der Waals surface area contributed by atoms with E-state index < -0.39 is 6.10 Å². The van der Waals surface area contributed by atoms with Gasteiger partial charge >= 0.3 is 0 Å². The topological polar surface area (TPSA) is 29.5 Å². The van der Waals surface area contributed by atoms with Crippen LogP contribution in [0.3, 0.4) is 0 Å². The Bertz CT molecular complexity index is 725. The average molecular weight is 346 g/mol. The van der Waals surface area contributed by atoms with E-state index in [9.17, 15) is 4.79 Å². The van der Waals surface area contributed by atoms with Crippen molar-refractivity contribution in [2.45, 2.75) is 40.3 Å². The van der Waals surface area contributed by atoms with Crippen molar-refractivity contribution in [2.75, 3.05) is 7.05 Å². The van der Waals surface area contributed by atoms with Gasteiger partial charge in [0.25, 0.3) is 5.91 Å². The lowest BCUT2D eigenvalue weighted by Crippen LogP contribution is -2.37. The number of carbonyl (C=O) groups excluding carboxylic acids is 1. The largest absolute Gasteiger partial charge is 0.481 e. The Kier molecular flexibility index (Phi) is 5.89. The summed E-state index contributed by atoms with van der Waals surface area (Å²) >= 11 is 5.89. The molecule has 2 aromatic carbocycles. The molecule has 0 saturated heterocycles. The summed E-state index contributed by atoms with van der Waals surface area (Å²) in [5.41, 5.74) is 4.40. The first kappa shape index (κ1) is 18.3. The minimum absolute atomic E-state index is 0.0523. The third-order valence-electron chi connectivity index (χ3n) is 4.12. The fourth-order valence-electron chi connectivity index (χ4n) is 2.62. The number of hydrogen-bond acceptors (Lipinski definition) is 2. The molecule has 0 saturated carbocycles. The second kappa shape index (κ2) is 7.71. The highest BCUT2D eigenvalue weighted by atomic mass is 35.5. The summed E-state index contributed by atoms with van der Waals surface area (Å²) in [7, 11) is 1.78. The van der Waals surface area contributed by atoms with Gasteiger partial charge in [0, 0.05) is 18.6 Å². The molecular weight excluding hydrogens is 322 g/mol. The predicted octanol–water partition coefficient (Wildman–Crippen LogP) is 4.69. The SMILES string of the molecule is Cc1cc(C)c(C)c(O[C@H](C)C(=O)N(C)Cc2ccc(Cl)cc2)c1. The van der Waals surface area contributed by atoms with Crippen LogP contribution in [0.1, 0.15) is 29.2 Å². The molecule has 128 valence electrons. The molecule has 0 aliphatic rings. The first-order chi connectivity index (χ1) is 11.3. The van der Waals surface area contributed by atoms with Crippen molar-refractivity contribution >= 4 is 17.5 Å². The Hall–Kier alpha value is -2.00. The van der Waals surface area contributed by atoms with Crippen molar-refractivity contribution in [1.29, 1.82) is 0 Å². The molecular formula is C20H24ClNO2. The number of rotatable bonds is 5. The molecule has 4 heteroatoms. The van der Waals surface area contributed by atoms with Crippen molar-refractivity contribution in [2.24, 2.45) is 0 Å². The molecule has 0 aromatic heterocycles. The van der Waals surface area contributed by atoms with E-state index in [1.807, 2.05) is 51.1 Å².